The van der Waals surface area contributed by atoms with Crippen LogP contribution >= 0.6 is 0 Å². The van der Waals surface area contributed by atoms with Crippen molar-refractivity contribution in [2.45, 2.75) is 30.7 Å². The van der Waals surface area contributed by atoms with Crippen molar-refractivity contribution in [1.82, 2.24) is 0 Å². The average Bonchev–Trinajstić information content (AvgIpc) is 2.63. The molecule has 132 valence electrons. The van der Waals surface area contributed by atoms with Crippen LogP contribution in [0.2, 0.25) is 0 Å². The van der Waals surface area contributed by atoms with Gasteiger partial charge in [-0.1, -0.05) is 48.5 Å². The Morgan fingerprint density at radius 1 is 0.880 bits per heavy atom. The van der Waals surface area contributed by atoms with Gasteiger partial charge in [0.1, 0.15) is 24.1 Å². The number of ether oxygens (including phenoxy) is 2. The first kappa shape index (κ1) is 17.4. The largest absolute Gasteiger partial charge is 0.479 e. The molecule has 7 nitrogen and oxygen atoms in total. The Morgan fingerprint density at radius 3 is 2.20 bits per heavy atom. The summed E-state index contributed by atoms with van der Waals surface area (Å²) in [6.07, 6.45) is -8.20. The van der Waals surface area contributed by atoms with Gasteiger partial charge in [-0.15, -0.1) is 0 Å². The Kier molecular flexibility index (Phi) is 5.00. The Labute approximate surface area is 143 Å². The molecule has 1 fully saturated rings. The number of benzene rings is 2. The minimum Gasteiger partial charge on any atom is -0.479 e. The first-order chi connectivity index (χ1) is 12.0. The third-order valence-electron chi connectivity index (χ3n) is 4.03. The summed E-state index contributed by atoms with van der Waals surface area (Å²) in [6, 6.07) is 16.3. The fraction of sp³-hybridized carbons (Fsp3) is 0.278. The minimum atomic E-state index is -1.75. The number of hydrogen-bond donors (Lipinski definition) is 4. The van der Waals surface area contributed by atoms with Crippen molar-refractivity contribution in [3.63, 3.8) is 0 Å². The van der Waals surface area contributed by atoms with Crippen LogP contribution in [0, 0.1) is 0 Å². The Hall–Kier alpha value is -2.45. The average molecular weight is 346 g/mol. The van der Waals surface area contributed by atoms with E-state index in [9.17, 15) is 20.1 Å². The molecular weight excluding hydrogens is 328 g/mol. The SMILES string of the molecule is O=C(O)[C@H]1OC(Oc2ccccc2-c2ccccc2)[C@H](O)[C@@H](O)[C@@H]1O. The standard InChI is InChI=1S/C18H18O7/c19-13-14(20)16(17(22)23)25-18(15(13)21)24-12-9-5-4-8-11(12)10-6-2-1-3-7-10/h1-9,13-16,18-21H,(H,22,23)/t13-,14-,15+,16-,18?/m0/s1. The lowest BCUT2D eigenvalue weighted by Crippen LogP contribution is -2.61. The summed E-state index contributed by atoms with van der Waals surface area (Å²) in [5.74, 6) is -1.10. The molecule has 0 saturated carbocycles. The maximum absolute atomic E-state index is 11.2. The second-order valence-electron chi connectivity index (χ2n) is 5.72. The van der Waals surface area contributed by atoms with Gasteiger partial charge in [-0.3, -0.25) is 0 Å². The van der Waals surface area contributed by atoms with Crippen LogP contribution in [0.5, 0.6) is 5.75 Å². The van der Waals surface area contributed by atoms with E-state index in [2.05, 4.69) is 0 Å². The van der Waals surface area contributed by atoms with E-state index >= 15 is 0 Å². The first-order valence-electron chi connectivity index (χ1n) is 7.72. The number of hydrogen-bond acceptors (Lipinski definition) is 6. The molecule has 1 aliphatic heterocycles. The molecule has 0 amide bonds. The van der Waals surface area contributed by atoms with Crippen LogP contribution in [0.25, 0.3) is 11.1 Å². The normalized spacial score (nSPS) is 29.2. The highest BCUT2D eigenvalue weighted by molar-refractivity contribution is 5.73. The highest BCUT2D eigenvalue weighted by atomic mass is 16.7. The summed E-state index contributed by atoms with van der Waals surface area (Å²) in [5.41, 5.74) is 1.57. The van der Waals surface area contributed by atoms with Gasteiger partial charge >= 0.3 is 5.97 Å². The molecule has 4 N–H and O–H groups in total. The van der Waals surface area contributed by atoms with Crippen molar-refractivity contribution in [3.05, 3.63) is 54.6 Å². The van der Waals surface area contributed by atoms with Crippen molar-refractivity contribution >= 4 is 5.97 Å². The molecule has 1 unspecified atom stereocenters. The predicted molar refractivity (Wildman–Crippen MR) is 86.8 cm³/mol. The number of aliphatic carboxylic acids is 1. The molecule has 0 bridgehead atoms. The van der Waals surface area contributed by atoms with Crippen molar-refractivity contribution in [1.29, 1.82) is 0 Å². The highest BCUT2D eigenvalue weighted by Gasteiger charge is 2.48. The first-order valence-corrected chi connectivity index (χ1v) is 7.72. The number of aliphatic hydroxyl groups is 3. The highest BCUT2D eigenvalue weighted by Crippen LogP contribution is 2.32. The van der Waals surface area contributed by atoms with Gasteiger partial charge in [-0.2, -0.15) is 0 Å². The van der Waals surface area contributed by atoms with Crippen LogP contribution in [0.4, 0.5) is 0 Å². The van der Waals surface area contributed by atoms with Crippen LogP contribution in [0.1, 0.15) is 0 Å². The number of carbonyl (C=O) groups is 1. The molecule has 1 aliphatic rings. The summed E-state index contributed by atoms with van der Waals surface area (Å²) >= 11 is 0. The van der Waals surface area contributed by atoms with Gasteiger partial charge < -0.3 is 29.9 Å². The molecule has 25 heavy (non-hydrogen) atoms. The van der Waals surface area contributed by atoms with Crippen molar-refractivity contribution in [2.24, 2.45) is 0 Å². The van der Waals surface area contributed by atoms with E-state index < -0.39 is 36.7 Å². The van der Waals surface area contributed by atoms with Crippen molar-refractivity contribution < 1.29 is 34.7 Å². The van der Waals surface area contributed by atoms with Gasteiger partial charge in [0.25, 0.3) is 0 Å². The predicted octanol–water partition coefficient (Wildman–Crippen LogP) is 0.625. The van der Waals surface area contributed by atoms with Crippen LogP contribution < -0.4 is 4.74 Å². The monoisotopic (exact) mass is 346 g/mol. The van der Waals surface area contributed by atoms with Gasteiger partial charge in [0.15, 0.2) is 6.10 Å². The second kappa shape index (κ2) is 7.20. The van der Waals surface area contributed by atoms with E-state index in [0.29, 0.717) is 11.3 Å². The Bertz CT molecular complexity index is 733. The topological polar surface area (TPSA) is 116 Å². The molecule has 3 rings (SSSR count). The zero-order valence-corrected chi connectivity index (χ0v) is 13.1. The quantitative estimate of drug-likeness (QED) is 0.641. The molecule has 0 aromatic heterocycles. The van der Waals surface area contributed by atoms with Crippen LogP contribution in [-0.2, 0) is 9.53 Å². The van der Waals surface area contributed by atoms with Crippen molar-refractivity contribution in [3.8, 4) is 16.9 Å². The van der Waals surface area contributed by atoms with E-state index in [0.717, 1.165) is 5.56 Å². The number of rotatable bonds is 4. The second-order valence-corrected chi connectivity index (χ2v) is 5.72. The molecule has 7 heteroatoms. The summed E-state index contributed by atoms with van der Waals surface area (Å²) in [6.45, 7) is 0. The van der Waals surface area contributed by atoms with E-state index in [1.807, 2.05) is 36.4 Å². The third-order valence-corrected chi connectivity index (χ3v) is 4.03. The number of carboxylic acids is 1. The zero-order chi connectivity index (χ0) is 18.0. The number of carboxylic acid groups (broad SMARTS) is 1. The molecule has 1 heterocycles. The third kappa shape index (κ3) is 3.49. The van der Waals surface area contributed by atoms with Crippen molar-refractivity contribution in [2.75, 3.05) is 0 Å². The van der Waals surface area contributed by atoms with Gasteiger partial charge in [-0.05, 0) is 11.6 Å². The number of para-hydroxylation sites is 1. The molecule has 2 aromatic carbocycles. The fourth-order valence-electron chi connectivity index (χ4n) is 2.70. The van der Waals surface area contributed by atoms with Gasteiger partial charge in [-0.25, -0.2) is 4.79 Å². The molecule has 0 spiro atoms. The summed E-state index contributed by atoms with van der Waals surface area (Å²) in [7, 11) is 0. The molecule has 5 atom stereocenters. The fourth-order valence-corrected chi connectivity index (χ4v) is 2.70. The van der Waals surface area contributed by atoms with E-state index in [4.69, 9.17) is 14.6 Å². The van der Waals surface area contributed by atoms with Gasteiger partial charge in [0.05, 0.1) is 0 Å². The van der Waals surface area contributed by atoms with Gasteiger partial charge in [0, 0.05) is 5.56 Å². The maximum atomic E-state index is 11.2. The lowest BCUT2D eigenvalue weighted by molar-refractivity contribution is -0.271. The lowest BCUT2D eigenvalue weighted by Gasteiger charge is -2.38. The molecule has 0 radical (unpaired) electrons. The minimum absolute atomic E-state index is 0.352. The number of aliphatic hydroxyl groups excluding tert-OH is 3. The molecule has 1 saturated heterocycles. The zero-order valence-electron chi connectivity index (χ0n) is 13.1. The summed E-state index contributed by atoms with van der Waals surface area (Å²) in [5, 5.41) is 38.8. The Balaban J connectivity index is 1.88. The summed E-state index contributed by atoms with van der Waals surface area (Å²) < 4.78 is 10.8. The smallest absolute Gasteiger partial charge is 0.335 e. The lowest BCUT2D eigenvalue weighted by atomic mass is 9.99. The molecule has 0 aliphatic carbocycles. The van der Waals surface area contributed by atoms with Gasteiger partial charge in [0.2, 0.25) is 6.29 Å². The molecule has 2 aromatic rings. The summed E-state index contributed by atoms with van der Waals surface area (Å²) in [4.78, 5) is 11.2. The van der Waals surface area contributed by atoms with E-state index in [-0.39, 0.29) is 0 Å². The molecular formula is C18H18O7. The van der Waals surface area contributed by atoms with Crippen LogP contribution in [-0.4, -0.2) is 57.1 Å². The van der Waals surface area contributed by atoms with E-state index in [1.165, 1.54) is 0 Å². The van der Waals surface area contributed by atoms with E-state index in [1.54, 1.807) is 18.2 Å². The maximum Gasteiger partial charge on any atom is 0.335 e. The Morgan fingerprint density at radius 2 is 1.52 bits per heavy atom. The van der Waals surface area contributed by atoms with Crippen LogP contribution in [0.15, 0.2) is 54.6 Å². The van der Waals surface area contributed by atoms with Crippen LogP contribution in [0.3, 0.4) is 0 Å².